The number of nitrogens with zero attached hydrogens (tertiary/aromatic N) is 2. The van der Waals surface area contributed by atoms with Crippen molar-refractivity contribution < 1.29 is 0 Å². The summed E-state index contributed by atoms with van der Waals surface area (Å²) in [6.45, 7) is 2.19. The lowest BCUT2D eigenvalue weighted by Gasteiger charge is -2.04. The number of halogens is 1. The summed E-state index contributed by atoms with van der Waals surface area (Å²) in [5.74, 6) is 0. The molecule has 0 amide bonds. The molecule has 0 aliphatic rings. The van der Waals surface area contributed by atoms with Crippen LogP contribution in [0, 0.1) is 0 Å². The van der Waals surface area contributed by atoms with E-state index in [4.69, 9.17) is 11.6 Å². The second-order valence-electron chi connectivity index (χ2n) is 4.64. The molecule has 3 aromatic rings. The molecule has 0 radical (unpaired) electrons. The summed E-state index contributed by atoms with van der Waals surface area (Å²) in [5, 5.41) is 0.677. The third kappa shape index (κ3) is 2.24. The van der Waals surface area contributed by atoms with Gasteiger partial charge in [0.1, 0.15) is 0 Å². The zero-order chi connectivity index (χ0) is 13.2. The van der Waals surface area contributed by atoms with E-state index < -0.39 is 0 Å². The standard InChI is InChI=1S/C16H15ClN2/c1-2-4-12-6-8-13(9-7-12)15-11-18-16-14(17)5-3-10-19(15)16/h3,5-11H,2,4H2,1H3. The topological polar surface area (TPSA) is 17.3 Å². The van der Waals surface area contributed by atoms with Gasteiger partial charge in [0.05, 0.1) is 16.9 Å². The zero-order valence-corrected chi connectivity index (χ0v) is 11.6. The predicted molar refractivity (Wildman–Crippen MR) is 79.6 cm³/mol. The number of rotatable bonds is 3. The molecular formula is C16H15ClN2. The van der Waals surface area contributed by atoms with Crippen molar-refractivity contribution in [2.75, 3.05) is 0 Å². The van der Waals surface area contributed by atoms with Crippen molar-refractivity contribution in [2.24, 2.45) is 0 Å². The van der Waals surface area contributed by atoms with E-state index in [-0.39, 0.29) is 0 Å². The minimum Gasteiger partial charge on any atom is -0.298 e. The lowest BCUT2D eigenvalue weighted by atomic mass is 10.1. The van der Waals surface area contributed by atoms with E-state index in [9.17, 15) is 0 Å². The maximum Gasteiger partial charge on any atom is 0.156 e. The predicted octanol–water partition coefficient (Wildman–Crippen LogP) is 4.61. The Balaban J connectivity index is 2.06. The second-order valence-corrected chi connectivity index (χ2v) is 5.05. The third-order valence-electron chi connectivity index (χ3n) is 3.28. The lowest BCUT2D eigenvalue weighted by molar-refractivity contribution is 0.922. The minimum absolute atomic E-state index is 0.677. The molecule has 3 rings (SSSR count). The number of aryl methyl sites for hydroxylation is 1. The number of aromatic nitrogens is 2. The van der Waals surface area contributed by atoms with Gasteiger partial charge in [0.2, 0.25) is 0 Å². The largest absolute Gasteiger partial charge is 0.298 e. The van der Waals surface area contributed by atoms with Gasteiger partial charge in [-0.15, -0.1) is 0 Å². The number of benzene rings is 1. The highest BCUT2D eigenvalue weighted by atomic mass is 35.5. The van der Waals surface area contributed by atoms with Gasteiger partial charge in [0, 0.05) is 11.8 Å². The summed E-state index contributed by atoms with van der Waals surface area (Å²) in [7, 11) is 0. The number of hydrogen-bond acceptors (Lipinski definition) is 1. The molecule has 0 aliphatic carbocycles. The van der Waals surface area contributed by atoms with Crippen molar-refractivity contribution >= 4 is 17.2 Å². The van der Waals surface area contributed by atoms with Crippen LogP contribution >= 0.6 is 11.6 Å². The first-order chi connectivity index (χ1) is 9.29. The molecule has 1 aromatic carbocycles. The second kappa shape index (κ2) is 5.06. The molecule has 2 heterocycles. The number of pyridine rings is 1. The maximum absolute atomic E-state index is 6.14. The highest BCUT2D eigenvalue weighted by Gasteiger charge is 2.07. The van der Waals surface area contributed by atoms with Crippen LogP contribution in [0.3, 0.4) is 0 Å². The van der Waals surface area contributed by atoms with Crippen LogP contribution in [-0.4, -0.2) is 9.38 Å². The fraction of sp³-hybridized carbons (Fsp3) is 0.188. The van der Waals surface area contributed by atoms with E-state index in [2.05, 4.69) is 36.2 Å². The molecule has 0 spiro atoms. The van der Waals surface area contributed by atoms with Crippen LogP contribution in [-0.2, 0) is 6.42 Å². The molecule has 0 N–H and O–H groups in total. The number of hydrogen-bond donors (Lipinski definition) is 0. The molecule has 2 nitrogen and oxygen atoms in total. The van der Waals surface area contributed by atoms with Gasteiger partial charge in [-0.3, -0.25) is 4.40 Å². The van der Waals surface area contributed by atoms with Crippen LogP contribution in [0.1, 0.15) is 18.9 Å². The lowest BCUT2D eigenvalue weighted by Crippen LogP contribution is -1.89. The molecule has 3 heteroatoms. The molecular weight excluding hydrogens is 256 g/mol. The Bertz CT molecular complexity index is 698. The van der Waals surface area contributed by atoms with Gasteiger partial charge < -0.3 is 0 Å². The van der Waals surface area contributed by atoms with E-state index in [1.54, 1.807) is 0 Å². The molecule has 0 fully saturated rings. The van der Waals surface area contributed by atoms with Gasteiger partial charge in [-0.05, 0) is 24.1 Å². The quantitative estimate of drug-likeness (QED) is 0.679. The van der Waals surface area contributed by atoms with Gasteiger partial charge in [0.25, 0.3) is 0 Å². The van der Waals surface area contributed by atoms with Crippen LogP contribution in [0.2, 0.25) is 5.02 Å². The average molecular weight is 271 g/mol. The molecule has 0 atom stereocenters. The Morgan fingerprint density at radius 3 is 2.68 bits per heavy atom. The van der Waals surface area contributed by atoms with Crippen molar-refractivity contribution in [3.8, 4) is 11.3 Å². The number of imidazole rings is 1. The summed E-state index contributed by atoms with van der Waals surface area (Å²) in [6.07, 6.45) is 6.16. The first kappa shape index (κ1) is 12.2. The van der Waals surface area contributed by atoms with Gasteiger partial charge in [-0.2, -0.15) is 0 Å². The molecule has 96 valence electrons. The summed E-state index contributed by atoms with van der Waals surface area (Å²) in [4.78, 5) is 4.38. The number of fused-ring (bicyclic) bond motifs is 1. The average Bonchev–Trinajstić information content (AvgIpc) is 2.85. The van der Waals surface area contributed by atoms with Crippen molar-refractivity contribution in [3.05, 3.63) is 59.4 Å². The Kier molecular flexibility index (Phi) is 3.26. The van der Waals surface area contributed by atoms with E-state index in [0.717, 1.165) is 23.3 Å². The summed E-state index contributed by atoms with van der Waals surface area (Å²) in [5.41, 5.74) is 4.41. The van der Waals surface area contributed by atoms with E-state index in [0.29, 0.717) is 5.02 Å². The van der Waals surface area contributed by atoms with E-state index in [1.165, 1.54) is 12.0 Å². The molecule has 19 heavy (non-hydrogen) atoms. The molecule has 0 saturated carbocycles. The molecule has 0 bridgehead atoms. The third-order valence-corrected chi connectivity index (χ3v) is 3.57. The van der Waals surface area contributed by atoms with Crippen LogP contribution in [0.25, 0.3) is 16.9 Å². The molecule has 0 saturated heterocycles. The van der Waals surface area contributed by atoms with Crippen molar-refractivity contribution in [1.29, 1.82) is 0 Å². The van der Waals surface area contributed by atoms with Crippen molar-refractivity contribution in [2.45, 2.75) is 19.8 Å². The first-order valence-corrected chi connectivity index (χ1v) is 6.88. The van der Waals surface area contributed by atoms with Gasteiger partial charge in [0.15, 0.2) is 5.65 Å². The monoisotopic (exact) mass is 270 g/mol. The maximum atomic E-state index is 6.14. The van der Waals surface area contributed by atoms with Crippen LogP contribution in [0.15, 0.2) is 48.8 Å². The van der Waals surface area contributed by atoms with Crippen LogP contribution in [0.4, 0.5) is 0 Å². The fourth-order valence-corrected chi connectivity index (χ4v) is 2.53. The Morgan fingerprint density at radius 2 is 1.95 bits per heavy atom. The highest BCUT2D eigenvalue weighted by molar-refractivity contribution is 6.33. The summed E-state index contributed by atoms with van der Waals surface area (Å²) in [6, 6.07) is 12.5. The molecule has 2 aromatic heterocycles. The van der Waals surface area contributed by atoms with Gasteiger partial charge in [-0.1, -0.05) is 49.2 Å². The first-order valence-electron chi connectivity index (χ1n) is 6.50. The van der Waals surface area contributed by atoms with Crippen molar-refractivity contribution in [3.63, 3.8) is 0 Å². The van der Waals surface area contributed by atoms with E-state index >= 15 is 0 Å². The molecule has 0 aliphatic heterocycles. The van der Waals surface area contributed by atoms with E-state index in [1.807, 2.05) is 28.9 Å². The minimum atomic E-state index is 0.677. The van der Waals surface area contributed by atoms with Crippen LogP contribution in [0.5, 0.6) is 0 Å². The van der Waals surface area contributed by atoms with Gasteiger partial charge >= 0.3 is 0 Å². The SMILES string of the molecule is CCCc1ccc(-c2cnc3c(Cl)cccn23)cc1. The Hall–Kier alpha value is -1.80. The summed E-state index contributed by atoms with van der Waals surface area (Å²) >= 11 is 6.14. The molecule has 0 unspecified atom stereocenters. The van der Waals surface area contributed by atoms with Crippen LogP contribution < -0.4 is 0 Å². The Morgan fingerprint density at radius 1 is 1.16 bits per heavy atom. The van der Waals surface area contributed by atoms with Gasteiger partial charge in [-0.25, -0.2) is 4.98 Å². The normalized spacial score (nSPS) is 11.1. The zero-order valence-electron chi connectivity index (χ0n) is 10.8. The van der Waals surface area contributed by atoms with Crippen molar-refractivity contribution in [1.82, 2.24) is 9.38 Å². The fourth-order valence-electron chi connectivity index (χ4n) is 2.32. The Labute approximate surface area is 117 Å². The highest BCUT2D eigenvalue weighted by Crippen LogP contribution is 2.24. The smallest absolute Gasteiger partial charge is 0.156 e. The summed E-state index contributed by atoms with van der Waals surface area (Å²) < 4.78 is 2.02.